The summed E-state index contributed by atoms with van der Waals surface area (Å²) in [5, 5.41) is 17.9. The molecular formula is C11H15NO4. The number of aromatic carboxylic acids is 1. The van der Waals surface area contributed by atoms with Crippen LogP contribution in [0.15, 0.2) is 18.2 Å². The monoisotopic (exact) mass is 225 g/mol. The van der Waals surface area contributed by atoms with E-state index < -0.39 is 12.1 Å². The summed E-state index contributed by atoms with van der Waals surface area (Å²) < 4.78 is 5.28. The molecule has 5 heteroatoms. The van der Waals surface area contributed by atoms with Crippen molar-refractivity contribution in [3.05, 3.63) is 23.8 Å². The van der Waals surface area contributed by atoms with Gasteiger partial charge in [0.15, 0.2) is 0 Å². The van der Waals surface area contributed by atoms with Gasteiger partial charge in [-0.2, -0.15) is 0 Å². The molecule has 0 saturated carbocycles. The third-order valence-electron chi connectivity index (χ3n) is 2.06. The SMILES string of the molecule is CC(O)CCOc1ccc(N)c(C(=O)O)c1. The Kier molecular flexibility index (Phi) is 4.13. The molecule has 0 saturated heterocycles. The Labute approximate surface area is 93.5 Å². The first kappa shape index (κ1) is 12.3. The summed E-state index contributed by atoms with van der Waals surface area (Å²) in [6.45, 7) is 2.00. The van der Waals surface area contributed by atoms with Crippen LogP contribution in [0.2, 0.25) is 0 Å². The molecule has 88 valence electrons. The maximum absolute atomic E-state index is 10.8. The van der Waals surface area contributed by atoms with Crippen molar-refractivity contribution in [3.8, 4) is 5.75 Å². The van der Waals surface area contributed by atoms with Crippen molar-refractivity contribution < 1.29 is 19.7 Å². The van der Waals surface area contributed by atoms with Gasteiger partial charge < -0.3 is 20.7 Å². The van der Waals surface area contributed by atoms with E-state index in [4.69, 9.17) is 20.7 Å². The quantitative estimate of drug-likeness (QED) is 0.653. The standard InChI is InChI=1S/C11H15NO4/c1-7(13)4-5-16-8-2-3-10(12)9(6-8)11(14)15/h2-3,6-7,13H,4-5,12H2,1H3,(H,14,15). The highest BCUT2D eigenvalue weighted by Gasteiger charge is 2.09. The second-order valence-electron chi connectivity index (χ2n) is 3.54. The number of nitrogens with two attached hydrogens (primary N) is 1. The van der Waals surface area contributed by atoms with Crippen LogP contribution in [0.4, 0.5) is 5.69 Å². The average molecular weight is 225 g/mol. The number of rotatable bonds is 5. The van der Waals surface area contributed by atoms with Gasteiger partial charge >= 0.3 is 5.97 Å². The molecule has 0 aliphatic heterocycles. The van der Waals surface area contributed by atoms with Gasteiger partial charge in [-0.1, -0.05) is 0 Å². The molecule has 16 heavy (non-hydrogen) atoms. The third kappa shape index (κ3) is 3.43. The molecule has 1 aromatic carbocycles. The molecule has 0 aliphatic rings. The molecule has 4 N–H and O–H groups in total. The van der Waals surface area contributed by atoms with Crippen molar-refractivity contribution in [1.82, 2.24) is 0 Å². The Morgan fingerprint density at radius 3 is 2.81 bits per heavy atom. The van der Waals surface area contributed by atoms with Crippen LogP contribution in [0.3, 0.4) is 0 Å². The van der Waals surface area contributed by atoms with Gasteiger partial charge in [-0.25, -0.2) is 4.79 Å². The van der Waals surface area contributed by atoms with E-state index in [2.05, 4.69) is 0 Å². The second kappa shape index (κ2) is 5.37. The van der Waals surface area contributed by atoms with E-state index in [-0.39, 0.29) is 11.3 Å². The van der Waals surface area contributed by atoms with Gasteiger partial charge in [0.2, 0.25) is 0 Å². The van der Waals surface area contributed by atoms with E-state index in [1.54, 1.807) is 13.0 Å². The van der Waals surface area contributed by atoms with Crippen LogP contribution < -0.4 is 10.5 Å². The minimum absolute atomic E-state index is 0.0227. The fourth-order valence-corrected chi connectivity index (χ4v) is 1.16. The third-order valence-corrected chi connectivity index (χ3v) is 2.06. The molecule has 5 nitrogen and oxygen atoms in total. The molecule has 1 aromatic rings. The first-order valence-corrected chi connectivity index (χ1v) is 4.94. The normalized spacial score (nSPS) is 12.1. The van der Waals surface area contributed by atoms with Crippen molar-refractivity contribution in [1.29, 1.82) is 0 Å². The Hall–Kier alpha value is -1.75. The van der Waals surface area contributed by atoms with E-state index in [1.807, 2.05) is 0 Å². The number of aliphatic hydroxyl groups excluding tert-OH is 1. The van der Waals surface area contributed by atoms with Crippen molar-refractivity contribution in [2.75, 3.05) is 12.3 Å². The number of carbonyl (C=O) groups is 1. The molecule has 0 radical (unpaired) electrons. The lowest BCUT2D eigenvalue weighted by Gasteiger charge is -2.09. The Morgan fingerprint density at radius 1 is 1.56 bits per heavy atom. The number of nitrogen functional groups attached to an aromatic ring is 1. The van der Waals surface area contributed by atoms with Crippen molar-refractivity contribution in [3.63, 3.8) is 0 Å². The van der Waals surface area contributed by atoms with Crippen molar-refractivity contribution in [2.24, 2.45) is 0 Å². The number of hydrogen-bond donors (Lipinski definition) is 3. The molecule has 1 atom stereocenters. The van der Waals surface area contributed by atoms with E-state index in [9.17, 15) is 4.79 Å². The maximum atomic E-state index is 10.8. The van der Waals surface area contributed by atoms with Crippen molar-refractivity contribution in [2.45, 2.75) is 19.4 Å². The average Bonchev–Trinajstić information content (AvgIpc) is 2.19. The molecule has 0 bridgehead atoms. The molecule has 0 amide bonds. The number of anilines is 1. The van der Waals surface area contributed by atoms with Crippen molar-refractivity contribution >= 4 is 11.7 Å². The van der Waals surface area contributed by atoms with Crippen LogP contribution in [-0.2, 0) is 0 Å². The van der Waals surface area contributed by atoms with Gasteiger partial charge in [-0.05, 0) is 25.1 Å². The lowest BCUT2D eigenvalue weighted by molar-refractivity contribution is 0.0697. The second-order valence-corrected chi connectivity index (χ2v) is 3.54. The maximum Gasteiger partial charge on any atom is 0.337 e. The Bertz CT molecular complexity index is 376. The van der Waals surface area contributed by atoms with Crippen LogP contribution in [0.5, 0.6) is 5.75 Å². The number of carboxylic acid groups (broad SMARTS) is 1. The molecule has 0 fully saturated rings. The van der Waals surface area contributed by atoms with Gasteiger partial charge in [-0.15, -0.1) is 0 Å². The number of aliphatic hydroxyl groups is 1. The van der Waals surface area contributed by atoms with E-state index in [0.29, 0.717) is 18.8 Å². The molecule has 1 rings (SSSR count). The summed E-state index contributed by atoms with van der Waals surface area (Å²) in [6, 6.07) is 4.46. The fraction of sp³-hybridized carbons (Fsp3) is 0.364. The van der Waals surface area contributed by atoms with Gasteiger partial charge in [0, 0.05) is 12.1 Å². The van der Waals surface area contributed by atoms with Crippen LogP contribution in [-0.4, -0.2) is 28.9 Å². The Balaban J connectivity index is 2.68. The van der Waals surface area contributed by atoms with Gasteiger partial charge in [0.25, 0.3) is 0 Å². The first-order valence-electron chi connectivity index (χ1n) is 4.94. The molecule has 0 aliphatic carbocycles. The molecule has 0 spiro atoms. The topological polar surface area (TPSA) is 92.8 Å². The molecule has 0 heterocycles. The minimum Gasteiger partial charge on any atom is -0.493 e. The zero-order valence-electron chi connectivity index (χ0n) is 9.01. The summed E-state index contributed by atoms with van der Waals surface area (Å²) in [6.07, 6.45) is 0.0555. The van der Waals surface area contributed by atoms with E-state index in [0.717, 1.165) is 0 Å². The first-order chi connectivity index (χ1) is 7.50. The predicted octanol–water partition coefficient (Wildman–Crippen LogP) is 1.12. The summed E-state index contributed by atoms with van der Waals surface area (Å²) in [7, 11) is 0. The largest absolute Gasteiger partial charge is 0.493 e. The molecule has 0 aromatic heterocycles. The van der Waals surface area contributed by atoms with Crippen LogP contribution >= 0.6 is 0 Å². The fourth-order valence-electron chi connectivity index (χ4n) is 1.16. The molecular weight excluding hydrogens is 210 g/mol. The van der Waals surface area contributed by atoms with Crippen LogP contribution in [0.1, 0.15) is 23.7 Å². The minimum atomic E-state index is -1.08. The highest BCUT2D eigenvalue weighted by atomic mass is 16.5. The number of ether oxygens (including phenoxy) is 1. The molecule has 1 unspecified atom stereocenters. The van der Waals surface area contributed by atoms with Crippen LogP contribution in [0.25, 0.3) is 0 Å². The highest BCUT2D eigenvalue weighted by Crippen LogP contribution is 2.19. The number of carboxylic acids is 1. The highest BCUT2D eigenvalue weighted by molar-refractivity contribution is 5.94. The van der Waals surface area contributed by atoms with Gasteiger partial charge in [0.05, 0.1) is 18.3 Å². The summed E-state index contributed by atoms with van der Waals surface area (Å²) in [5.41, 5.74) is 5.72. The number of benzene rings is 1. The zero-order valence-corrected chi connectivity index (χ0v) is 9.01. The van der Waals surface area contributed by atoms with Crippen LogP contribution in [0, 0.1) is 0 Å². The Morgan fingerprint density at radius 2 is 2.25 bits per heavy atom. The lowest BCUT2D eigenvalue weighted by atomic mass is 10.2. The summed E-state index contributed by atoms with van der Waals surface area (Å²) >= 11 is 0. The predicted molar refractivity (Wildman–Crippen MR) is 59.6 cm³/mol. The lowest BCUT2D eigenvalue weighted by Crippen LogP contribution is -2.08. The number of hydrogen-bond acceptors (Lipinski definition) is 4. The van der Waals surface area contributed by atoms with E-state index in [1.165, 1.54) is 12.1 Å². The summed E-state index contributed by atoms with van der Waals surface area (Å²) in [5.74, 6) is -0.647. The zero-order chi connectivity index (χ0) is 12.1. The van der Waals surface area contributed by atoms with Gasteiger partial charge in [-0.3, -0.25) is 0 Å². The van der Waals surface area contributed by atoms with E-state index >= 15 is 0 Å². The smallest absolute Gasteiger partial charge is 0.337 e. The van der Waals surface area contributed by atoms with Gasteiger partial charge in [0.1, 0.15) is 5.75 Å². The summed E-state index contributed by atoms with van der Waals surface area (Å²) in [4.78, 5) is 10.8.